The van der Waals surface area contributed by atoms with Crippen LogP contribution < -0.4 is 0 Å². The van der Waals surface area contributed by atoms with Gasteiger partial charge in [-0.05, 0) is 24.0 Å². The van der Waals surface area contributed by atoms with Crippen molar-refractivity contribution in [3.05, 3.63) is 41.5 Å². The van der Waals surface area contributed by atoms with E-state index in [-0.39, 0.29) is 0 Å². The van der Waals surface area contributed by atoms with Crippen LogP contribution in [-0.4, -0.2) is 6.18 Å². The van der Waals surface area contributed by atoms with E-state index < -0.39 is 12.6 Å². The van der Waals surface area contributed by atoms with Crippen LogP contribution in [0.1, 0.15) is 37.3 Å². The molecule has 1 rings (SSSR count). The monoisotopic (exact) mass is 242 g/mol. The topological polar surface area (TPSA) is 0 Å². The van der Waals surface area contributed by atoms with E-state index in [0.717, 1.165) is 30.4 Å². The zero-order valence-electron chi connectivity index (χ0n) is 9.93. The number of benzene rings is 1. The Labute approximate surface area is 100 Å². The lowest BCUT2D eigenvalue weighted by atomic mass is 10.0. The summed E-state index contributed by atoms with van der Waals surface area (Å²) in [5, 5.41) is 0. The number of hydrogen-bond donors (Lipinski definition) is 0. The molecule has 0 aliphatic heterocycles. The summed E-state index contributed by atoms with van der Waals surface area (Å²) in [6, 6.07) is 7.61. The molecule has 0 saturated heterocycles. The molecular formula is C14H17F3. The summed E-state index contributed by atoms with van der Waals surface area (Å²) in [5.41, 5.74) is 2.01. The van der Waals surface area contributed by atoms with Crippen molar-refractivity contribution in [1.82, 2.24) is 0 Å². The molecule has 0 amide bonds. The van der Waals surface area contributed by atoms with Crippen molar-refractivity contribution < 1.29 is 13.2 Å². The molecule has 1 aromatic carbocycles. The number of hydrogen-bond acceptors (Lipinski definition) is 0. The molecule has 0 spiro atoms. The fraction of sp³-hybridized carbons (Fsp3) is 0.429. The van der Waals surface area contributed by atoms with Gasteiger partial charge in [0.05, 0.1) is 6.42 Å². The van der Waals surface area contributed by atoms with Crippen LogP contribution in [0.25, 0.3) is 6.08 Å². The standard InChI is InChI=1S/C14H17F3/c1-2-3-7-12-8-4-5-9-13(12)10-6-11-14(15,16)17/h4-6,8-10H,2-3,7,11H2,1H3. The van der Waals surface area contributed by atoms with Crippen LogP contribution in [0.4, 0.5) is 13.2 Å². The van der Waals surface area contributed by atoms with Crippen LogP contribution in [-0.2, 0) is 6.42 Å². The minimum atomic E-state index is -4.12. The van der Waals surface area contributed by atoms with Crippen molar-refractivity contribution in [3.63, 3.8) is 0 Å². The molecule has 94 valence electrons. The predicted octanol–water partition coefficient (Wildman–Crippen LogP) is 4.99. The second kappa shape index (κ2) is 6.48. The molecule has 1 aromatic rings. The van der Waals surface area contributed by atoms with Crippen LogP contribution in [0.15, 0.2) is 30.3 Å². The minimum absolute atomic E-state index is 0.866. The minimum Gasteiger partial charge on any atom is -0.171 e. The van der Waals surface area contributed by atoms with Crippen LogP contribution in [0.5, 0.6) is 0 Å². The first-order valence-corrected chi connectivity index (χ1v) is 5.84. The highest BCUT2D eigenvalue weighted by atomic mass is 19.4. The van der Waals surface area contributed by atoms with Crippen molar-refractivity contribution in [1.29, 1.82) is 0 Å². The summed E-state index contributed by atoms with van der Waals surface area (Å²) >= 11 is 0. The molecule has 0 heterocycles. The summed E-state index contributed by atoms with van der Waals surface area (Å²) in [7, 11) is 0. The summed E-state index contributed by atoms with van der Waals surface area (Å²) < 4.78 is 36.0. The second-order valence-electron chi connectivity index (χ2n) is 4.02. The summed E-state index contributed by atoms with van der Waals surface area (Å²) in [6.45, 7) is 2.10. The molecule has 0 atom stereocenters. The number of rotatable bonds is 5. The Morgan fingerprint density at radius 1 is 1.18 bits per heavy atom. The van der Waals surface area contributed by atoms with Crippen molar-refractivity contribution in [2.45, 2.75) is 38.8 Å². The molecule has 0 bridgehead atoms. The maximum Gasteiger partial charge on any atom is 0.392 e. The summed E-state index contributed by atoms with van der Waals surface area (Å²) in [4.78, 5) is 0. The smallest absolute Gasteiger partial charge is 0.171 e. The van der Waals surface area contributed by atoms with Gasteiger partial charge in [0.25, 0.3) is 0 Å². The van der Waals surface area contributed by atoms with Crippen LogP contribution in [0.2, 0.25) is 0 Å². The van der Waals surface area contributed by atoms with Gasteiger partial charge in [-0.3, -0.25) is 0 Å². The lowest BCUT2D eigenvalue weighted by molar-refractivity contribution is -0.124. The largest absolute Gasteiger partial charge is 0.392 e. The Balaban J connectivity index is 2.69. The maximum absolute atomic E-state index is 12.0. The Morgan fingerprint density at radius 2 is 1.88 bits per heavy atom. The van der Waals surface area contributed by atoms with Gasteiger partial charge < -0.3 is 0 Å². The van der Waals surface area contributed by atoms with Crippen LogP contribution >= 0.6 is 0 Å². The molecular weight excluding hydrogens is 225 g/mol. The molecule has 0 nitrogen and oxygen atoms in total. The predicted molar refractivity (Wildman–Crippen MR) is 64.8 cm³/mol. The molecule has 0 aliphatic carbocycles. The molecule has 0 aromatic heterocycles. The van der Waals surface area contributed by atoms with Gasteiger partial charge in [0, 0.05) is 0 Å². The van der Waals surface area contributed by atoms with Gasteiger partial charge >= 0.3 is 6.18 Å². The highest BCUT2D eigenvalue weighted by Gasteiger charge is 2.24. The van der Waals surface area contributed by atoms with Gasteiger partial charge in [-0.1, -0.05) is 49.8 Å². The first kappa shape index (κ1) is 13.8. The molecule has 0 N–H and O–H groups in total. The first-order valence-electron chi connectivity index (χ1n) is 5.84. The van der Waals surface area contributed by atoms with Gasteiger partial charge in [0.1, 0.15) is 0 Å². The Bertz CT molecular complexity index is 364. The van der Waals surface area contributed by atoms with Gasteiger partial charge in [0.15, 0.2) is 0 Å². The second-order valence-corrected chi connectivity index (χ2v) is 4.02. The molecule has 17 heavy (non-hydrogen) atoms. The van der Waals surface area contributed by atoms with Crippen molar-refractivity contribution in [2.24, 2.45) is 0 Å². The van der Waals surface area contributed by atoms with Crippen molar-refractivity contribution >= 4 is 6.08 Å². The highest BCUT2D eigenvalue weighted by Crippen LogP contribution is 2.21. The van der Waals surface area contributed by atoms with Crippen LogP contribution in [0, 0.1) is 0 Å². The average Bonchev–Trinajstić information content (AvgIpc) is 2.26. The zero-order valence-corrected chi connectivity index (χ0v) is 9.93. The first-order chi connectivity index (χ1) is 8.03. The molecule has 0 radical (unpaired) electrons. The average molecular weight is 242 g/mol. The van der Waals surface area contributed by atoms with E-state index in [1.165, 1.54) is 6.08 Å². The Kier molecular flexibility index (Phi) is 5.26. The fourth-order valence-corrected chi connectivity index (χ4v) is 1.61. The van der Waals surface area contributed by atoms with E-state index in [4.69, 9.17) is 0 Å². The molecule has 3 heteroatoms. The van der Waals surface area contributed by atoms with E-state index in [9.17, 15) is 13.2 Å². The third-order valence-corrected chi connectivity index (χ3v) is 2.50. The Hall–Kier alpha value is -1.25. The SMILES string of the molecule is CCCCc1ccccc1C=CCC(F)(F)F. The fourth-order valence-electron chi connectivity index (χ4n) is 1.61. The Morgan fingerprint density at radius 3 is 2.53 bits per heavy atom. The quantitative estimate of drug-likeness (QED) is 0.682. The van der Waals surface area contributed by atoms with Gasteiger partial charge in [-0.2, -0.15) is 13.2 Å². The number of alkyl halides is 3. The van der Waals surface area contributed by atoms with Gasteiger partial charge in [0.2, 0.25) is 0 Å². The lowest BCUT2D eigenvalue weighted by Crippen LogP contribution is -2.04. The molecule has 0 unspecified atom stereocenters. The lowest BCUT2D eigenvalue weighted by Gasteiger charge is -2.05. The molecule has 0 aliphatic rings. The number of unbranched alkanes of at least 4 members (excludes halogenated alkanes) is 1. The summed E-state index contributed by atoms with van der Waals surface area (Å²) in [6.07, 6.45) is 0.834. The van der Waals surface area contributed by atoms with E-state index in [1.807, 2.05) is 24.3 Å². The third-order valence-electron chi connectivity index (χ3n) is 2.50. The number of aryl methyl sites for hydroxylation is 1. The molecule has 0 fully saturated rings. The normalized spacial score (nSPS) is 12.2. The van der Waals surface area contributed by atoms with E-state index in [2.05, 4.69) is 6.92 Å². The van der Waals surface area contributed by atoms with E-state index in [0.29, 0.717) is 0 Å². The summed E-state index contributed by atoms with van der Waals surface area (Å²) in [5.74, 6) is 0. The number of allylic oxidation sites excluding steroid dienone is 1. The number of halogens is 3. The van der Waals surface area contributed by atoms with Crippen molar-refractivity contribution in [3.8, 4) is 0 Å². The van der Waals surface area contributed by atoms with Gasteiger partial charge in [-0.25, -0.2) is 0 Å². The maximum atomic E-state index is 12.0. The molecule has 0 saturated carbocycles. The van der Waals surface area contributed by atoms with E-state index in [1.54, 1.807) is 6.08 Å². The van der Waals surface area contributed by atoms with Crippen molar-refractivity contribution in [2.75, 3.05) is 0 Å². The van der Waals surface area contributed by atoms with Gasteiger partial charge in [-0.15, -0.1) is 0 Å². The van der Waals surface area contributed by atoms with E-state index >= 15 is 0 Å². The third kappa shape index (κ3) is 5.57. The zero-order chi connectivity index (χ0) is 12.7. The van der Waals surface area contributed by atoms with Crippen LogP contribution in [0.3, 0.4) is 0 Å². The highest BCUT2D eigenvalue weighted by molar-refractivity contribution is 5.53.